The number of fused-ring (bicyclic) bond motifs is 1. The molecule has 0 unspecified atom stereocenters. The standard InChI is InChI=1S/C15H11N3O3/c16-14(20)10-4-6-11(7-5-10)21-15-12(9-19)18-8-2-1-3-13(18)17-15/h1-9H,(H2,16,20). The predicted octanol–water partition coefficient (Wildman–Crippen LogP) is 2.04. The van der Waals surface area contributed by atoms with E-state index in [0.717, 1.165) is 0 Å². The Morgan fingerprint density at radius 1 is 1.19 bits per heavy atom. The molecule has 1 amide bonds. The zero-order valence-corrected chi connectivity index (χ0v) is 10.9. The van der Waals surface area contributed by atoms with Crippen molar-refractivity contribution in [2.24, 2.45) is 5.73 Å². The monoisotopic (exact) mass is 281 g/mol. The number of nitrogens with two attached hydrogens (primary N) is 1. The Morgan fingerprint density at radius 2 is 1.95 bits per heavy atom. The average molecular weight is 281 g/mol. The lowest BCUT2D eigenvalue weighted by Crippen LogP contribution is -2.10. The second-order valence-electron chi connectivity index (χ2n) is 4.34. The van der Waals surface area contributed by atoms with Gasteiger partial charge in [-0.1, -0.05) is 6.07 Å². The number of ether oxygens (including phenoxy) is 1. The predicted molar refractivity (Wildman–Crippen MR) is 75.6 cm³/mol. The first-order valence-corrected chi connectivity index (χ1v) is 6.19. The molecule has 6 nitrogen and oxygen atoms in total. The molecular weight excluding hydrogens is 270 g/mol. The number of benzene rings is 1. The highest BCUT2D eigenvalue weighted by atomic mass is 16.5. The van der Waals surface area contributed by atoms with Crippen molar-refractivity contribution < 1.29 is 14.3 Å². The highest BCUT2D eigenvalue weighted by molar-refractivity contribution is 5.92. The van der Waals surface area contributed by atoms with E-state index < -0.39 is 5.91 Å². The highest BCUT2D eigenvalue weighted by Crippen LogP contribution is 2.24. The minimum atomic E-state index is -0.511. The second-order valence-corrected chi connectivity index (χ2v) is 4.34. The van der Waals surface area contributed by atoms with Crippen molar-refractivity contribution in [3.8, 4) is 11.6 Å². The van der Waals surface area contributed by atoms with Gasteiger partial charge in [0.2, 0.25) is 11.8 Å². The molecule has 0 spiro atoms. The Bertz CT molecular complexity index is 822. The van der Waals surface area contributed by atoms with Crippen molar-refractivity contribution in [3.63, 3.8) is 0 Å². The second kappa shape index (κ2) is 5.09. The fraction of sp³-hybridized carbons (Fsp3) is 0. The summed E-state index contributed by atoms with van der Waals surface area (Å²) in [5.74, 6) is 0.164. The Labute approximate surface area is 119 Å². The Balaban J connectivity index is 1.97. The van der Waals surface area contributed by atoms with Gasteiger partial charge in [-0.15, -0.1) is 0 Å². The maximum atomic E-state index is 11.2. The van der Waals surface area contributed by atoms with Gasteiger partial charge in [0.1, 0.15) is 11.4 Å². The first-order valence-electron chi connectivity index (χ1n) is 6.19. The number of carbonyl (C=O) groups excluding carboxylic acids is 2. The summed E-state index contributed by atoms with van der Waals surface area (Å²) in [5, 5.41) is 0. The third-order valence-electron chi connectivity index (χ3n) is 3.00. The van der Waals surface area contributed by atoms with Crippen LogP contribution in [0.2, 0.25) is 0 Å². The molecule has 0 aliphatic rings. The lowest BCUT2D eigenvalue weighted by Gasteiger charge is -2.03. The Morgan fingerprint density at radius 3 is 2.62 bits per heavy atom. The molecule has 21 heavy (non-hydrogen) atoms. The van der Waals surface area contributed by atoms with Gasteiger partial charge in [-0.05, 0) is 36.4 Å². The lowest BCUT2D eigenvalue weighted by atomic mass is 10.2. The van der Waals surface area contributed by atoms with Crippen LogP contribution < -0.4 is 10.5 Å². The van der Waals surface area contributed by atoms with Crippen molar-refractivity contribution in [1.82, 2.24) is 9.38 Å². The van der Waals surface area contributed by atoms with E-state index in [9.17, 15) is 9.59 Å². The van der Waals surface area contributed by atoms with E-state index in [4.69, 9.17) is 10.5 Å². The maximum Gasteiger partial charge on any atom is 0.249 e. The largest absolute Gasteiger partial charge is 0.437 e. The van der Waals surface area contributed by atoms with E-state index in [1.54, 1.807) is 47.0 Å². The van der Waals surface area contributed by atoms with Gasteiger partial charge in [-0.25, -0.2) is 0 Å². The number of nitrogens with zero attached hydrogens (tertiary/aromatic N) is 2. The number of rotatable bonds is 4. The number of aromatic nitrogens is 2. The zero-order valence-electron chi connectivity index (χ0n) is 10.9. The van der Waals surface area contributed by atoms with Gasteiger partial charge in [0.15, 0.2) is 12.0 Å². The maximum absolute atomic E-state index is 11.2. The van der Waals surface area contributed by atoms with Crippen molar-refractivity contribution in [3.05, 3.63) is 59.9 Å². The third kappa shape index (κ3) is 2.34. The van der Waals surface area contributed by atoms with Crippen LogP contribution >= 0.6 is 0 Å². The molecule has 0 bridgehead atoms. The van der Waals surface area contributed by atoms with E-state index in [1.807, 2.05) is 6.07 Å². The molecule has 2 heterocycles. The topological polar surface area (TPSA) is 86.7 Å². The minimum Gasteiger partial charge on any atom is -0.437 e. The summed E-state index contributed by atoms with van der Waals surface area (Å²) in [6.45, 7) is 0. The van der Waals surface area contributed by atoms with E-state index in [-0.39, 0.29) is 5.88 Å². The molecular formula is C15H11N3O3. The van der Waals surface area contributed by atoms with Crippen molar-refractivity contribution >= 4 is 17.8 Å². The summed E-state index contributed by atoms with van der Waals surface area (Å²) in [6.07, 6.45) is 2.42. The molecule has 0 radical (unpaired) electrons. The van der Waals surface area contributed by atoms with E-state index in [0.29, 0.717) is 28.9 Å². The molecule has 2 aromatic heterocycles. The SMILES string of the molecule is NC(=O)c1ccc(Oc2nc3ccccn3c2C=O)cc1. The zero-order chi connectivity index (χ0) is 14.8. The molecule has 3 rings (SSSR count). The summed E-state index contributed by atoms with van der Waals surface area (Å²) < 4.78 is 7.24. The summed E-state index contributed by atoms with van der Waals surface area (Å²) >= 11 is 0. The molecule has 0 saturated heterocycles. The molecule has 104 valence electrons. The first kappa shape index (κ1) is 12.9. The van der Waals surface area contributed by atoms with Crippen LogP contribution in [0.15, 0.2) is 48.7 Å². The van der Waals surface area contributed by atoms with Crippen LogP contribution in [0.3, 0.4) is 0 Å². The van der Waals surface area contributed by atoms with Crippen LogP contribution in [0.5, 0.6) is 11.6 Å². The third-order valence-corrected chi connectivity index (χ3v) is 3.00. The van der Waals surface area contributed by atoms with Gasteiger partial charge in [0.05, 0.1) is 0 Å². The summed E-state index contributed by atoms with van der Waals surface area (Å²) in [6, 6.07) is 11.7. The van der Waals surface area contributed by atoms with Crippen LogP contribution in [0.25, 0.3) is 5.65 Å². The lowest BCUT2D eigenvalue weighted by molar-refractivity contribution is 0.1000. The van der Waals surface area contributed by atoms with Gasteiger partial charge >= 0.3 is 0 Å². The Kier molecular flexibility index (Phi) is 3.12. The first-order chi connectivity index (χ1) is 10.2. The van der Waals surface area contributed by atoms with Crippen molar-refractivity contribution in [2.45, 2.75) is 0 Å². The van der Waals surface area contributed by atoms with Gasteiger partial charge in [0, 0.05) is 11.8 Å². The summed E-state index contributed by atoms with van der Waals surface area (Å²) in [5.41, 5.74) is 6.49. The fourth-order valence-electron chi connectivity index (χ4n) is 1.97. The van der Waals surface area contributed by atoms with Crippen molar-refractivity contribution in [2.75, 3.05) is 0 Å². The van der Waals surface area contributed by atoms with E-state index in [2.05, 4.69) is 4.98 Å². The number of hydrogen-bond acceptors (Lipinski definition) is 4. The fourth-order valence-corrected chi connectivity index (χ4v) is 1.97. The molecule has 2 N–H and O–H groups in total. The molecule has 0 fully saturated rings. The molecule has 0 aliphatic carbocycles. The number of amides is 1. The summed E-state index contributed by atoms with van der Waals surface area (Å²) in [7, 11) is 0. The minimum absolute atomic E-state index is 0.211. The Hall–Kier alpha value is -3.15. The normalized spacial score (nSPS) is 10.5. The van der Waals surface area contributed by atoms with Crippen molar-refractivity contribution in [1.29, 1.82) is 0 Å². The smallest absolute Gasteiger partial charge is 0.249 e. The quantitative estimate of drug-likeness (QED) is 0.741. The number of pyridine rings is 1. The van der Waals surface area contributed by atoms with E-state index in [1.165, 1.54) is 0 Å². The molecule has 6 heteroatoms. The van der Waals surface area contributed by atoms with Gasteiger partial charge in [0.25, 0.3) is 0 Å². The number of primary amides is 1. The van der Waals surface area contributed by atoms with Crippen LogP contribution in [0, 0.1) is 0 Å². The van der Waals surface area contributed by atoms with E-state index >= 15 is 0 Å². The van der Waals surface area contributed by atoms with Gasteiger partial charge < -0.3 is 10.5 Å². The number of aldehydes is 1. The molecule has 0 saturated carbocycles. The summed E-state index contributed by atoms with van der Waals surface area (Å²) in [4.78, 5) is 26.5. The highest BCUT2D eigenvalue weighted by Gasteiger charge is 2.13. The van der Waals surface area contributed by atoms with Gasteiger partial charge in [-0.2, -0.15) is 4.98 Å². The van der Waals surface area contributed by atoms with Gasteiger partial charge in [-0.3, -0.25) is 14.0 Å². The van der Waals surface area contributed by atoms with Crippen LogP contribution in [0.1, 0.15) is 20.8 Å². The molecule has 0 atom stereocenters. The number of imidazole rings is 1. The molecule has 1 aromatic carbocycles. The number of carbonyl (C=O) groups is 2. The average Bonchev–Trinajstić information content (AvgIpc) is 2.84. The van der Waals surface area contributed by atoms with Crippen LogP contribution in [-0.4, -0.2) is 21.6 Å². The molecule has 3 aromatic rings. The number of hydrogen-bond donors (Lipinski definition) is 1. The van der Waals surface area contributed by atoms with Crippen LogP contribution in [0.4, 0.5) is 0 Å². The molecule has 0 aliphatic heterocycles. The van der Waals surface area contributed by atoms with Crippen LogP contribution in [-0.2, 0) is 0 Å².